The van der Waals surface area contributed by atoms with Crippen molar-refractivity contribution in [3.8, 4) is 11.5 Å². The predicted molar refractivity (Wildman–Crippen MR) is 80.9 cm³/mol. The summed E-state index contributed by atoms with van der Waals surface area (Å²) < 4.78 is 10.6. The summed E-state index contributed by atoms with van der Waals surface area (Å²) in [4.78, 5) is 16.8. The van der Waals surface area contributed by atoms with Crippen LogP contribution in [-0.2, 0) is 0 Å². The first-order valence-corrected chi connectivity index (χ1v) is 7.14. The molecule has 0 unspecified atom stereocenters. The van der Waals surface area contributed by atoms with E-state index in [4.69, 9.17) is 15.2 Å². The van der Waals surface area contributed by atoms with Gasteiger partial charge in [-0.05, 0) is 12.1 Å². The molecule has 1 heterocycles. The van der Waals surface area contributed by atoms with E-state index in [1.165, 1.54) is 0 Å². The minimum Gasteiger partial charge on any atom is -0.493 e. The average molecular weight is 293 g/mol. The lowest BCUT2D eigenvalue weighted by atomic mass is 10.1. The highest BCUT2D eigenvalue weighted by Gasteiger charge is 2.25. The van der Waals surface area contributed by atoms with E-state index < -0.39 is 0 Å². The van der Waals surface area contributed by atoms with E-state index in [1.54, 1.807) is 32.4 Å². The molecule has 1 aromatic rings. The van der Waals surface area contributed by atoms with Crippen molar-refractivity contribution in [1.82, 2.24) is 9.80 Å². The van der Waals surface area contributed by atoms with Crippen LogP contribution in [0.1, 0.15) is 10.4 Å². The van der Waals surface area contributed by atoms with Gasteiger partial charge in [0.05, 0.1) is 19.8 Å². The third-order valence-corrected chi connectivity index (χ3v) is 3.74. The quantitative estimate of drug-likeness (QED) is 0.852. The van der Waals surface area contributed by atoms with Gasteiger partial charge in [0.15, 0.2) is 11.5 Å². The Balaban J connectivity index is 2.11. The number of piperazine rings is 1. The summed E-state index contributed by atoms with van der Waals surface area (Å²) in [6, 6.07) is 5.37. The number of rotatable bonds is 5. The van der Waals surface area contributed by atoms with Crippen molar-refractivity contribution in [3.63, 3.8) is 0 Å². The predicted octanol–water partition coefficient (Wildman–Crippen LogP) is 0.420. The van der Waals surface area contributed by atoms with Crippen LogP contribution in [-0.4, -0.2) is 69.2 Å². The van der Waals surface area contributed by atoms with Gasteiger partial charge in [0.2, 0.25) is 0 Å². The zero-order valence-electron chi connectivity index (χ0n) is 12.7. The molecule has 1 aromatic carbocycles. The largest absolute Gasteiger partial charge is 0.493 e. The van der Waals surface area contributed by atoms with Gasteiger partial charge in [0, 0.05) is 39.3 Å². The SMILES string of the molecule is COc1cccc(C(=O)N2CCN(CCN)CC2)c1OC. The Labute approximate surface area is 125 Å². The van der Waals surface area contributed by atoms with Gasteiger partial charge in [-0.15, -0.1) is 0 Å². The second-order valence-corrected chi connectivity index (χ2v) is 4.96. The van der Waals surface area contributed by atoms with Crippen LogP contribution in [0.5, 0.6) is 11.5 Å². The maximum absolute atomic E-state index is 12.7. The van der Waals surface area contributed by atoms with Crippen molar-refractivity contribution >= 4 is 5.91 Å². The summed E-state index contributed by atoms with van der Waals surface area (Å²) in [7, 11) is 3.12. The highest BCUT2D eigenvalue weighted by molar-refractivity contribution is 5.97. The molecule has 21 heavy (non-hydrogen) atoms. The zero-order valence-corrected chi connectivity index (χ0v) is 12.7. The molecule has 0 bridgehead atoms. The molecule has 2 rings (SSSR count). The second kappa shape index (κ2) is 7.28. The van der Waals surface area contributed by atoms with Crippen LogP contribution in [0.2, 0.25) is 0 Å². The molecular weight excluding hydrogens is 270 g/mol. The Bertz CT molecular complexity index is 485. The van der Waals surface area contributed by atoms with Crippen LogP contribution in [0.3, 0.4) is 0 Å². The maximum atomic E-state index is 12.7. The molecule has 6 nitrogen and oxygen atoms in total. The molecule has 1 amide bonds. The van der Waals surface area contributed by atoms with Gasteiger partial charge in [-0.25, -0.2) is 0 Å². The number of nitrogens with two attached hydrogens (primary N) is 1. The number of hydrogen-bond acceptors (Lipinski definition) is 5. The Morgan fingerprint density at radius 2 is 1.90 bits per heavy atom. The summed E-state index contributed by atoms with van der Waals surface area (Å²) in [5.74, 6) is 1.05. The summed E-state index contributed by atoms with van der Waals surface area (Å²) in [6.07, 6.45) is 0. The Morgan fingerprint density at radius 1 is 1.19 bits per heavy atom. The van der Waals surface area contributed by atoms with E-state index in [0.29, 0.717) is 36.7 Å². The van der Waals surface area contributed by atoms with Crippen molar-refractivity contribution < 1.29 is 14.3 Å². The average Bonchev–Trinajstić information content (AvgIpc) is 2.54. The normalized spacial score (nSPS) is 15.9. The first kappa shape index (κ1) is 15.6. The molecule has 1 saturated heterocycles. The summed E-state index contributed by atoms with van der Waals surface area (Å²) >= 11 is 0. The van der Waals surface area contributed by atoms with Crippen LogP contribution in [0.25, 0.3) is 0 Å². The van der Waals surface area contributed by atoms with E-state index in [-0.39, 0.29) is 5.91 Å². The number of ether oxygens (including phenoxy) is 2. The first-order valence-electron chi connectivity index (χ1n) is 7.14. The fourth-order valence-electron chi connectivity index (χ4n) is 2.58. The number of hydrogen-bond donors (Lipinski definition) is 1. The van der Waals surface area contributed by atoms with Gasteiger partial charge >= 0.3 is 0 Å². The smallest absolute Gasteiger partial charge is 0.257 e. The molecule has 0 atom stereocenters. The number of methoxy groups -OCH3 is 2. The Hall–Kier alpha value is -1.79. The van der Waals surface area contributed by atoms with Gasteiger partial charge in [-0.3, -0.25) is 9.69 Å². The fraction of sp³-hybridized carbons (Fsp3) is 0.533. The van der Waals surface area contributed by atoms with Crippen molar-refractivity contribution in [2.75, 3.05) is 53.5 Å². The zero-order chi connectivity index (χ0) is 15.2. The number of carbonyl (C=O) groups is 1. The Morgan fingerprint density at radius 3 is 2.48 bits per heavy atom. The molecule has 0 spiro atoms. The summed E-state index contributed by atoms with van der Waals surface area (Å²) in [6.45, 7) is 4.66. The third-order valence-electron chi connectivity index (χ3n) is 3.74. The molecule has 0 aromatic heterocycles. The van der Waals surface area contributed by atoms with E-state index >= 15 is 0 Å². The maximum Gasteiger partial charge on any atom is 0.257 e. The minimum absolute atomic E-state index is 0.0156. The van der Waals surface area contributed by atoms with Crippen LogP contribution in [0, 0.1) is 0 Å². The number of nitrogens with zero attached hydrogens (tertiary/aromatic N) is 2. The van der Waals surface area contributed by atoms with Crippen LogP contribution in [0.4, 0.5) is 0 Å². The van der Waals surface area contributed by atoms with Crippen molar-refractivity contribution in [2.45, 2.75) is 0 Å². The molecule has 1 aliphatic heterocycles. The monoisotopic (exact) mass is 293 g/mol. The first-order chi connectivity index (χ1) is 10.2. The number of amides is 1. The topological polar surface area (TPSA) is 68.0 Å². The Kier molecular flexibility index (Phi) is 5.41. The molecule has 0 saturated carbocycles. The second-order valence-electron chi connectivity index (χ2n) is 4.96. The standard InChI is InChI=1S/C15H23N3O3/c1-20-13-5-3-4-12(14(13)21-2)15(19)18-10-8-17(7-6-16)9-11-18/h3-5H,6-11,16H2,1-2H3. The van der Waals surface area contributed by atoms with Gasteiger partial charge < -0.3 is 20.1 Å². The van der Waals surface area contributed by atoms with E-state index in [0.717, 1.165) is 19.6 Å². The molecule has 1 aliphatic rings. The molecule has 0 radical (unpaired) electrons. The van der Waals surface area contributed by atoms with Gasteiger partial charge in [-0.2, -0.15) is 0 Å². The summed E-state index contributed by atoms with van der Waals surface area (Å²) in [5, 5.41) is 0. The highest BCUT2D eigenvalue weighted by atomic mass is 16.5. The van der Waals surface area contributed by atoms with Gasteiger partial charge in [0.1, 0.15) is 0 Å². The molecule has 1 fully saturated rings. The van der Waals surface area contributed by atoms with Crippen LogP contribution >= 0.6 is 0 Å². The minimum atomic E-state index is -0.0156. The van der Waals surface area contributed by atoms with Crippen LogP contribution in [0.15, 0.2) is 18.2 Å². The molecule has 116 valence electrons. The van der Waals surface area contributed by atoms with E-state index in [1.807, 2.05) is 4.90 Å². The van der Waals surface area contributed by atoms with Gasteiger partial charge in [-0.1, -0.05) is 6.07 Å². The number of benzene rings is 1. The van der Waals surface area contributed by atoms with E-state index in [2.05, 4.69) is 4.90 Å². The van der Waals surface area contributed by atoms with Gasteiger partial charge in [0.25, 0.3) is 5.91 Å². The molecule has 0 aliphatic carbocycles. The lowest BCUT2D eigenvalue weighted by Gasteiger charge is -2.34. The molecule has 2 N–H and O–H groups in total. The van der Waals surface area contributed by atoms with E-state index in [9.17, 15) is 4.79 Å². The highest BCUT2D eigenvalue weighted by Crippen LogP contribution is 2.31. The van der Waals surface area contributed by atoms with Crippen molar-refractivity contribution in [3.05, 3.63) is 23.8 Å². The summed E-state index contributed by atoms with van der Waals surface area (Å²) in [5.41, 5.74) is 6.11. The van der Waals surface area contributed by atoms with Crippen molar-refractivity contribution in [2.24, 2.45) is 5.73 Å². The lowest BCUT2D eigenvalue weighted by Crippen LogP contribution is -2.49. The molecular formula is C15H23N3O3. The fourth-order valence-corrected chi connectivity index (χ4v) is 2.58. The van der Waals surface area contributed by atoms with Crippen LogP contribution < -0.4 is 15.2 Å². The number of carbonyl (C=O) groups excluding carboxylic acids is 1. The van der Waals surface area contributed by atoms with Crippen molar-refractivity contribution in [1.29, 1.82) is 0 Å². The molecule has 6 heteroatoms. The third kappa shape index (κ3) is 3.46. The number of para-hydroxylation sites is 1. The lowest BCUT2D eigenvalue weighted by molar-refractivity contribution is 0.0637.